The number of benzene rings is 2. The van der Waals surface area contributed by atoms with E-state index in [0.29, 0.717) is 11.6 Å². The molecule has 1 aliphatic rings. The van der Waals surface area contributed by atoms with Crippen LogP contribution in [-0.4, -0.2) is 32.8 Å². The molecule has 3 aromatic rings. The molecule has 182 valence electrons. The molecule has 4 rings (SSSR count). The maximum atomic E-state index is 13.5. The fraction of sp³-hybridized carbons (Fsp3) is 0.345. The molecule has 1 N–H and O–H groups in total. The normalized spacial score (nSPS) is 17.8. The Balaban J connectivity index is 1.64. The van der Waals surface area contributed by atoms with Gasteiger partial charge in [-0.05, 0) is 74.3 Å². The minimum absolute atomic E-state index is 0.0222. The van der Waals surface area contributed by atoms with Gasteiger partial charge in [0, 0.05) is 18.2 Å². The van der Waals surface area contributed by atoms with Gasteiger partial charge in [-0.1, -0.05) is 56.0 Å². The van der Waals surface area contributed by atoms with Gasteiger partial charge >= 0.3 is 5.97 Å². The highest BCUT2D eigenvalue weighted by molar-refractivity contribution is 6.01. The molecule has 1 aromatic heterocycles. The minimum atomic E-state index is -1.10. The van der Waals surface area contributed by atoms with E-state index < -0.39 is 5.97 Å². The smallest absolute Gasteiger partial charge is 0.341 e. The van der Waals surface area contributed by atoms with Gasteiger partial charge in [-0.3, -0.25) is 9.69 Å². The Bertz CT molecular complexity index is 1200. The van der Waals surface area contributed by atoms with Gasteiger partial charge in [-0.15, -0.1) is 5.10 Å². The number of carbonyl (C=O) groups is 2. The number of hydrogen-bond acceptors (Lipinski definition) is 3. The zero-order valence-electron chi connectivity index (χ0n) is 20.6. The van der Waals surface area contributed by atoms with Gasteiger partial charge in [0.05, 0.1) is 5.69 Å². The predicted octanol–water partition coefficient (Wildman–Crippen LogP) is 6.20. The first-order valence-electron chi connectivity index (χ1n) is 12.3. The molecule has 0 unspecified atom stereocenters. The van der Waals surface area contributed by atoms with Gasteiger partial charge in [0.25, 0.3) is 0 Å². The van der Waals surface area contributed by atoms with Crippen molar-refractivity contribution < 1.29 is 14.7 Å². The number of aromatic nitrogens is 2. The summed E-state index contributed by atoms with van der Waals surface area (Å²) < 4.78 is 1.54. The van der Waals surface area contributed by atoms with Crippen LogP contribution < -0.4 is 4.90 Å². The Hall–Kier alpha value is -3.67. The number of aromatic carboxylic acids is 1. The van der Waals surface area contributed by atoms with Crippen LogP contribution >= 0.6 is 0 Å². The number of carbonyl (C=O) groups excluding carboxylic acids is 1. The van der Waals surface area contributed by atoms with Crippen molar-refractivity contribution in [2.45, 2.75) is 52.5 Å². The van der Waals surface area contributed by atoms with Crippen LogP contribution in [-0.2, 0) is 4.79 Å². The summed E-state index contributed by atoms with van der Waals surface area (Å²) in [5, 5.41) is 14.5. The number of rotatable bonds is 7. The third-order valence-electron chi connectivity index (χ3n) is 6.87. The third-order valence-corrected chi connectivity index (χ3v) is 6.87. The number of nitrogens with zero attached hydrogens (tertiary/aromatic N) is 3. The molecule has 0 aliphatic heterocycles. The lowest BCUT2D eigenvalue weighted by atomic mass is 9.82. The van der Waals surface area contributed by atoms with Crippen LogP contribution in [0.3, 0.4) is 0 Å². The number of carboxylic acids is 1. The van der Waals surface area contributed by atoms with Crippen molar-refractivity contribution >= 4 is 23.3 Å². The maximum absolute atomic E-state index is 13.5. The van der Waals surface area contributed by atoms with Crippen LogP contribution in [0, 0.1) is 11.8 Å². The summed E-state index contributed by atoms with van der Waals surface area (Å²) in [5.41, 5.74) is 3.65. The molecule has 6 heteroatoms. The highest BCUT2D eigenvalue weighted by atomic mass is 16.4. The second-order valence-electron chi connectivity index (χ2n) is 9.77. The Labute approximate surface area is 206 Å². The molecule has 2 aromatic carbocycles. The number of carboxylic acid groups (broad SMARTS) is 1. The summed E-state index contributed by atoms with van der Waals surface area (Å²) in [4.78, 5) is 27.2. The summed E-state index contributed by atoms with van der Waals surface area (Å²) in [7, 11) is 0. The van der Waals surface area contributed by atoms with Crippen molar-refractivity contribution in [3.8, 4) is 5.69 Å². The standard InChI is InChI=1S/C29H33N3O3/c1-19(2)32(28(33)24-12-10-20(3)11-13-24)27-26(29(34)35)18-31(30-27)25-16-14-23(15-17-25)21(4)22-8-6-5-7-9-22/h5-9,14-20,24H,4,10-13H2,1-3H3,(H,34,35)/t20-,24-. The monoisotopic (exact) mass is 471 g/mol. The van der Waals surface area contributed by atoms with Crippen LogP contribution in [0.5, 0.6) is 0 Å². The molecule has 1 amide bonds. The molecule has 1 aliphatic carbocycles. The number of anilines is 1. The van der Waals surface area contributed by atoms with E-state index in [0.717, 1.165) is 42.4 Å². The second kappa shape index (κ2) is 10.3. The summed E-state index contributed by atoms with van der Waals surface area (Å²) in [6.45, 7) is 10.2. The highest BCUT2D eigenvalue weighted by Crippen LogP contribution is 2.33. The first-order valence-corrected chi connectivity index (χ1v) is 12.3. The van der Waals surface area contributed by atoms with Gasteiger partial charge in [-0.2, -0.15) is 0 Å². The van der Waals surface area contributed by atoms with Crippen molar-refractivity contribution in [2.24, 2.45) is 11.8 Å². The van der Waals surface area contributed by atoms with Crippen molar-refractivity contribution in [2.75, 3.05) is 4.90 Å². The van der Waals surface area contributed by atoms with Crippen molar-refractivity contribution in [1.29, 1.82) is 0 Å². The second-order valence-corrected chi connectivity index (χ2v) is 9.77. The number of hydrogen-bond donors (Lipinski definition) is 1. The van der Waals surface area contributed by atoms with Gasteiger partial charge in [0.1, 0.15) is 5.56 Å². The molecule has 1 fully saturated rings. The highest BCUT2D eigenvalue weighted by Gasteiger charge is 2.34. The van der Waals surface area contributed by atoms with Gasteiger partial charge < -0.3 is 5.11 Å². The van der Waals surface area contributed by atoms with E-state index in [1.54, 1.807) is 9.58 Å². The molecular formula is C29H33N3O3. The Morgan fingerprint density at radius 1 is 1.00 bits per heavy atom. The van der Waals surface area contributed by atoms with E-state index in [2.05, 4.69) is 18.6 Å². The zero-order chi connectivity index (χ0) is 25.1. The fourth-order valence-corrected chi connectivity index (χ4v) is 4.75. The quantitative estimate of drug-likeness (QED) is 0.445. The first kappa shape index (κ1) is 24.5. The molecule has 35 heavy (non-hydrogen) atoms. The van der Waals surface area contributed by atoms with Crippen molar-refractivity contribution in [3.63, 3.8) is 0 Å². The predicted molar refractivity (Wildman–Crippen MR) is 139 cm³/mol. The maximum Gasteiger partial charge on any atom is 0.341 e. The average molecular weight is 472 g/mol. The summed E-state index contributed by atoms with van der Waals surface area (Å²) >= 11 is 0. The molecule has 1 heterocycles. The topological polar surface area (TPSA) is 75.4 Å². The van der Waals surface area contributed by atoms with E-state index >= 15 is 0 Å². The largest absolute Gasteiger partial charge is 0.477 e. The van der Waals surface area contributed by atoms with E-state index in [9.17, 15) is 14.7 Å². The molecular weight excluding hydrogens is 438 g/mol. The lowest BCUT2D eigenvalue weighted by Crippen LogP contribution is -2.43. The van der Waals surface area contributed by atoms with Gasteiger partial charge in [0.15, 0.2) is 5.82 Å². The van der Waals surface area contributed by atoms with Crippen LogP contribution in [0.15, 0.2) is 67.4 Å². The minimum Gasteiger partial charge on any atom is -0.477 e. The molecule has 0 radical (unpaired) electrons. The Kier molecular flexibility index (Phi) is 7.20. The van der Waals surface area contributed by atoms with Gasteiger partial charge in [-0.25, -0.2) is 9.48 Å². The number of amides is 1. The lowest BCUT2D eigenvalue weighted by Gasteiger charge is -2.32. The summed E-state index contributed by atoms with van der Waals surface area (Å²) in [6.07, 6.45) is 5.19. The third kappa shape index (κ3) is 5.21. The van der Waals surface area contributed by atoms with Crippen LogP contribution in [0.1, 0.15) is 67.9 Å². The SMILES string of the molecule is C=C(c1ccccc1)c1ccc(-n2cc(C(=O)O)c(N(C(=O)[C@H]3CC[C@H](C)CC3)C(C)C)n2)cc1. The molecule has 6 nitrogen and oxygen atoms in total. The molecule has 0 atom stereocenters. The Morgan fingerprint density at radius 2 is 1.60 bits per heavy atom. The summed E-state index contributed by atoms with van der Waals surface area (Å²) in [6, 6.07) is 17.4. The van der Waals surface area contributed by atoms with E-state index in [1.165, 1.54) is 6.20 Å². The molecule has 1 saturated carbocycles. The van der Waals surface area contributed by atoms with Crippen molar-refractivity contribution in [1.82, 2.24) is 9.78 Å². The first-order chi connectivity index (χ1) is 16.8. The fourth-order valence-electron chi connectivity index (χ4n) is 4.75. The van der Waals surface area contributed by atoms with Crippen molar-refractivity contribution in [3.05, 3.63) is 84.1 Å². The van der Waals surface area contributed by atoms with Crippen LogP contribution in [0.4, 0.5) is 5.82 Å². The molecule has 0 bridgehead atoms. The average Bonchev–Trinajstić information content (AvgIpc) is 3.29. The van der Waals surface area contributed by atoms with E-state index in [4.69, 9.17) is 0 Å². The van der Waals surface area contributed by atoms with E-state index in [-0.39, 0.29) is 29.2 Å². The Morgan fingerprint density at radius 3 is 2.17 bits per heavy atom. The van der Waals surface area contributed by atoms with Crippen LogP contribution in [0.25, 0.3) is 11.3 Å². The summed E-state index contributed by atoms with van der Waals surface area (Å²) in [5.74, 6) is -0.399. The molecule has 0 saturated heterocycles. The molecule has 0 spiro atoms. The van der Waals surface area contributed by atoms with E-state index in [1.807, 2.05) is 68.4 Å². The van der Waals surface area contributed by atoms with Crippen LogP contribution in [0.2, 0.25) is 0 Å². The zero-order valence-corrected chi connectivity index (χ0v) is 20.6. The van der Waals surface area contributed by atoms with Gasteiger partial charge in [0.2, 0.25) is 5.91 Å². The lowest BCUT2D eigenvalue weighted by molar-refractivity contribution is -0.123.